The number of likely N-dealkylation sites (N-methyl/N-ethyl adjacent to an activating group) is 1. The third-order valence-electron chi connectivity index (χ3n) is 3.36. The molecule has 0 saturated heterocycles. The molecular weight excluding hydrogens is 222 g/mol. The fourth-order valence-corrected chi connectivity index (χ4v) is 2.36. The number of ether oxygens (including phenoxy) is 1. The van der Waals surface area contributed by atoms with E-state index in [4.69, 9.17) is 4.74 Å². The number of hydrogen-bond donors (Lipinski definition) is 0. The van der Waals surface area contributed by atoms with Crippen molar-refractivity contribution in [1.29, 1.82) is 0 Å². The Labute approximate surface area is 108 Å². The van der Waals surface area contributed by atoms with Gasteiger partial charge in [-0.05, 0) is 48.9 Å². The van der Waals surface area contributed by atoms with Gasteiger partial charge in [0.15, 0.2) is 0 Å². The molecule has 1 heterocycles. The lowest BCUT2D eigenvalue weighted by Crippen LogP contribution is -2.26. The molecule has 0 bridgehead atoms. The van der Waals surface area contributed by atoms with E-state index in [0.29, 0.717) is 0 Å². The first-order valence-corrected chi connectivity index (χ1v) is 6.34. The number of benzene rings is 2. The smallest absolute Gasteiger partial charge is 0.127 e. The summed E-state index contributed by atoms with van der Waals surface area (Å²) in [5.41, 5.74) is 2.84. The van der Waals surface area contributed by atoms with Crippen molar-refractivity contribution in [2.45, 2.75) is 13.0 Å². The van der Waals surface area contributed by atoms with Crippen molar-refractivity contribution in [1.82, 2.24) is 4.90 Å². The molecule has 0 radical (unpaired) electrons. The summed E-state index contributed by atoms with van der Waals surface area (Å²) >= 11 is 0. The maximum Gasteiger partial charge on any atom is 0.127 e. The first kappa shape index (κ1) is 11.3. The summed E-state index contributed by atoms with van der Waals surface area (Å²) in [6.45, 7) is 2.17. The van der Waals surface area contributed by atoms with E-state index in [-0.39, 0.29) is 0 Å². The lowest BCUT2D eigenvalue weighted by molar-refractivity contribution is 0.312. The Bertz CT molecular complexity index is 536. The first-order chi connectivity index (χ1) is 8.81. The fraction of sp³-hybridized carbons (Fsp3) is 0.250. The Morgan fingerprint density at radius 2 is 1.78 bits per heavy atom. The van der Waals surface area contributed by atoms with Crippen molar-refractivity contribution in [3.05, 3.63) is 59.7 Å². The summed E-state index contributed by atoms with van der Waals surface area (Å²) in [4.78, 5) is 2.35. The third-order valence-corrected chi connectivity index (χ3v) is 3.36. The van der Waals surface area contributed by atoms with Gasteiger partial charge in [-0.3, -0.25) is 0 Å². The van der Waals surface area contributed by atoms with Crippen molar-refractivity contribution in [2.24, 2.45) is 0 Å². The van der Waals surface area contributed by atoms with Crippen LogP contribution in [-0.4, -0.2) is 18.5 Å². The highest BCUT2D eigenvalue weighted by Gasteiger charge is 2.13. The molecule has 0 amide bonds. The molecule has 18 heavy (non-hydrogen) atoms. The van der Waals surface area contributed by atoms with Crippen molar-refractivity contribution in [2.75, 3.05) is 13.6 Å². The molecule has 0 fully saturated rings. The van der Waals surface area contributed by atoms with Crippen LogP contribution < -0.4 is 4.74 Å². The molecule has 0 aliphatic carbocycles. The standard InChI is InChI=1S/C16H17NO/c1-17-10-9-13-11-16(8-7-14(13)12-17)18-15-5-3-2-4-6-15/h2-8,11H,9-10,12H2,1H3. The Balaban J connectivity index is 1.82. The van der Waals surface area contributed by atoms with Crippen molar-refractivity contribution < 1.29 is 4.74 Å². The highest BCUT2D eigenvalue weighted by molar-refractivity contribution is 5.39. The molecule has 0 saturated carbocycles. The zero-order chi connectivity index (χ0) is 12.4. The van der Waals surface area contributed by atoms with E-state index in [1.807, 2.05) is 30.3 Å². The van der Waals surface area contributed by atoms with Crippen molar-refractivity contribution >= 4 is 0 Å². The van der Waals surface area contributed by atoms with E-state index >= 15 is 0 Å². The van der Waals surface area contributed by atoms with Gasteiger partial charge in [-0.2, -0.15) is 0 Å². The first-order valence-electron chi connectivity index (χ1n) is 6.34. The summed E-state index contributed by atoms with van der Waals surface area (Å²) in [5.74, 6) is 1.83. The van der Waals surface area contributed by atoms with Gasteiger partial charge in [-0.15, -0.1) is 0 Å². The van der Waals surface area contributed by atoms with Gasteiger partial charge in [0.25, 0.3) is 0 Å². The van der Waals surface area contributed by atoms with Crippen LogP contribution >= 0.6 is 0 Å². The second-order valence-corrected chi connectivity index (χ2v) is 4.83. The average Bonchev–Trinajstić information content (AvgIpc) is 2.40. The van der Waals surface area contributed by atoms with Crippen LogP contribution in [0.3, 0.4) is 0 Å². The number of fused-ring (bicyclic) bond motifs is 1. The van der Waals surface area contributed by atoms with Gasteiger partial charge in [0.2, 0.25) is 0 Å². The predicted octanol–water partition coefficient (Wildman–Crippen LogP) is 3.47. The molecule has 2 aromatic rings. The highest BCUT2D eigenvalue weighted by Crippen LogP contribution is 2.26. The molecule has 0 aromatic heterocycles. The maximum atomic E-state index is 5.86. The minimum Gasteiger partial charge on any atom is -0.457 e. The molecular formula is C16H17NO. The topological polar surface area (TPSA) is 12.5 Å². The van der Waals surface area contributed by atoms with E-state index < -0.39 is 0 Å². The van der Waals surface area contributed by atoms with Gasteiger partial charge in [-0.25, -0.2) is 0 Å². The molecule has 2 heteroatoms. The van der Waals surface area contributed by atoms with Gasteiger partial charge < -0.3 is 9.64 Å². The Kier molecular flexibility index (Phi) is 3.03. The molecule has 92 valence electrons. The van der Waals surface area contributed by atoms with Crippen LogP contribution in [0.25, 0.3) is 0 Å². The van der Waals surface area contributed by atoms with E-state index in [9.17, 15) is 0 Å². The minimum atomic E-state index is 0.894. The van der Waals surface area contributed by atoms with Gasteiger partial charge in [0.1, 0.15) is 11.5 Å². The molecule has 2 nitrogen and oxygen atoms in total. The monoisotopic (exact) mass is 239 g/mol. The van der Waals surface area contributed by atoms with Crippen LogP contribution in [0.2, 0.25) is 0 Å². The maximum absolute atomic E-state index is 5.86. The van der Waals surface area contributed by atoms with E-state index in [0.717, 1.165) is 31.0 Å². The normalized spacial score (nSPS) is 15.2. The second-order valence-electron chi connectivity index (χ2n) is 4.83. The Morgan fingerprint density at radius 3 is 2.61 bits per heavy atom. The van der Waals surface area contributed by atoms with Crippen molar-refractivity contribution in [3.8, 4) is 11.5 Å². The quantitative estimate of drug-likeness (QED) is 0.795. The molecule has 0 N–H and O–H groups in total. The summed E-state index contributed by atoms with van der Waals surface area (Å²) in [5, 5.41) is 0. The molecule has 1 aliphatic heterocycles. The molecule has 0 unspecified atom stereocenters. The van der Waals surface area contributed by atoms with E-state index in [1.165, 1.54) is 11.1 Å². The zero-order valence-corrected chi connectivity index (χ0v) is 10.6. The third kappa shape index (κ3) is 2.39. The summed E-state index contributed by atoms with van der Waals surface area (Å²) in [6.07, 6.45) is 1.11. The molecule has 3 rings (SSSR count). The highest BCUT2D eigenvalue weighted by atomic mass is 16.5. The van der Waals surface area contributed by atoms with Gasteiger partial charge in [0, 0.05) is 13.1 Å². The predicted molar refractivity (Wildman–Crippen MR) is 73.0 cm³/mol. The number of rotatable bonds is 2. The second kappa shape index (κ2) is 4.83. The van der Waals surface area contributed by atoms with E-state index in [1.54, 1.807) is 0 Å². The Hall–Kier alpha value is -1.80. The van der Waals surface area contributed by atoms with Crippen LogP contribution in [0.4, 0.5) is 0 Å². The SMILES string of the molecule is CN1CCc2cc(Oc3ccccc3)ccc2C1. The zero-order valence-electron chi connectivity index (χ0n) is 10.6. The van der Waals surface area contributed by atoms with Gasteiger partial charge in [-0.1, -0.05) is 24.3 Å². The molecule has 0 spiro atoms. The number of nitrogens with zero attached hydrogens (tertiary/aromatic N) is 1. The summed E-state index contributed by atoms with van der Waals surface area (Å²) < 4.78 is 5.86. The van der Waals surface area contributed by atoms with Crippen LogP contribution in [0, 0.1) is 0 Å². The molecule has 1 aliphatic rings. The van der Waals surface area contributed by atoms with E-state index in [2.05, 4.69) is 30.1 Å². The minimum absolute atomic E-state index is 0.894. The van der Waals surface area contributed by atoms with Crippen LogP contribution in [0.1, 0.15) is 11.1 Å². The lowest BCUT2D eigenvalue weighted by Gasteiger charge is -2.25. The van der Waals surface area contributed by atoms with Crippen molar-refractivity contribution in [3.63, 3.8) is 0 Å². The average molecular weight is 239 g/mol. The number of hydrogen-bond acceptors (Lipinski definition) is 2. The fourth-order valence-electron chi connectivity index (χ4n) is 2.36. The summed E-state index contributed by atoms with van der Waals surface area (Å²) in [7, 11) is 2.16. The van der Waals surface area contributed by atoms with Gasteiger partial charge >= 0.3 is 0 Å². The van der Waals surface area contributed by atoms with Crippen LogP contribution in [-0.2, 0) is 13.0 Å². The van der Waals surface area contributed by atoms with Crippen LogP contribution in [0.15, 0.2) is 48.5 Å². The molecule has 0 atom stereocenters. The lowest BCUT2D eigenvalue weighted by atomic mass is 10.00. The molecule has 2 aromatic carbocycles. The Morgan fingerprint density at radius 1 is 0.944 bits per heavy atom. The van der Waals surface area contributed by atoms with Gasteiger partial charge in [0.05, 0.1) is 0 Å². The number of para-hydroxylation sites is 1. The largest absolute Gasteiger partial charge is 0.457 e. The van der Waals surface area contributed by atoms with Crippen LogP contribution in [0.5, 0.6) is 11.5 Å². The summed E-state index contributed by atoms with van der Waals surface area (Å²) in [6, 6.07) is 16.4.